The molecule has 5 nitrogen and oxygen atoms in total. The van der Waals surface area contributed by atoms with Gasteiger partial charge in [-0.2, -0.15) is 0 Å². The van der Waals surface area contributed by atoms with Gasteiger partial charge in [-0.1, -0.05) is 6.07 Å². The van der Waals surface area contributed by atoms with Crippen molar-refractivity contribution in [3.05, 3.63) is 52.2 Å². The van der Waals surface area contributed by atoms with Gasteiger partial charge in [0.15, 0.2) is 10.9 Å². The van der Waals surface area contributed by atoms with Crippen molar-refractivity contribution in [3.63, 3.8) is 0 Å². The van der Waals surface area contributed by atoms with Crippen molar-refractivity contribution < 1.29 is 4.79 Å². The first-order valence-corrected chi connectivity index (χ1v) is 10.4. The number of carbonyl (C=O) groups excluding carboxylic acids is 1. The van der Waals surface area contributed by atoms with Gasteiger partial charge in [-0.15, -0.1) is 11.3 Å². The zero-order chi connectivity index (χ0) is 19.2. The number of anilines is 1. The SMILES string of the molecule is CC(=O)c1ccc(NC(=S)NC[C@H](c2cccs2)N2CCN(C)CC2)cc1. The van der Waals surface area contributed by atoms with E-state index in [-0.39, 0.29) is 5.78 Å². The number of Topliss-reactive ketones (excluding diaryl/α,β-unsaturated/α-hetero) is 1. The van der Waals surface area contributed by atoms with Crippen LogP contribution in [0.3, 0.4) is 0 Å². The normalized spacial score (nSPS) is 16.7. The molecule has 0 saturated carbocycles. The Morgan fingerprint density at radius 1 is 1.19 bits per heavy atom. The molecule has 1 aromatic heterocycles. The number of piperazine rings is 1. The molecule has 7 heteroatoms. The van der Waals surface area contributed by atoms with Crippen LogP contribution in [0.4, 0.5) is 5.69 Å². The van der Waals surface area contributed by atoms with Crippen molar-refractivity contribution in [1.82, 2.24) is 15.1 Å². The minimum Gasteiger partial charge on any atom is -0.360 e. The van der Waals surface area contributed by atoms with Gasteiger partial charge >= 0.3 is 0 Å². The Balaban J connectivity index is 1.58. The highest BCUT2D eigenvalue weighted by Crippen LogP contribution is 2.25. The van der Waals surface area contributed by atoms with E-state index in [2.05, 4.69) is 45.0 Å². The highest BCUT2D eigenvalue weighted by Gasteiger charge is 2.24. The van der Waals surface area contributed by atoms with Crippen LogP contribution in [0.2, 0.25) is 0 Å². The number of thiophene rings is 1. The predicted molar refractivity (Wildman–Crippen MR) is 117 cm³/mol. The van der Waals surface area contributed by atoms with E-state index in [0.717, 1.165) is 38.4 Å². The minimum atomic E-state index is 0.0632. The van der Waals surface area contributed by atoms with Crippen molar-refractivity contribution >= 4 is 40.1 Å². The Morgan fingerprint density at radius 3 is 2.48 bits per heavy atom. The smallest absolute Gasteiger partial charge is 0.170 e. The molecule has 144 valence electrons. The van der Waals surface area contributed by atoms with Crippen molar-refractivity contribution in [3.8, 4) is 0 Å². The highest BCUT2D eigenvalue weighted by molar-refractivity contribution is 7.80. The molecule has 27 heavy (non-hydrogen) atoms. The maximum atomic E-state index is 11.4. The quantitative estimate of drug-likeness (QED) is 0.572. The zero-order valence-corrected chi connectivity index (χ0v) is 17.4. The number of likely N-dealkylation sites (N-methyl/N-ethyl adjacent to an activating group) is 1. The molecule has 2 aromatic rings. The lowest BCUT2D eigenvalue weighted by Gasteiger charge is -2.37. The van der Waals surface area contributed by atoms with Crippen LogP contribution in [-0.4, -0.2) is 60.5 Å². The summed E-state index contributed by atoms with van der Waals surface area (Å²) in [6.45, 7) is 6.64. The van der Waals surface area contributed by atoms with E-state index < -0.39 is 0 Å². The third kappa shape index (κ3) is 5.59. The molecule has 2 N–H and O–H groups in total. The van der Waals surface area contributed by atoms with E-state index >= 15 is 0 Å². The lowest BCUT2D eigenvalue weighted by atomic mass is 10.1. The molecule has 1 saturated heterocycles. The van der Waals surface area contributed by atoms with Crippen LogP contribution in [0, 0.1) is 0 Å². The number of nitrogens with one attached hydrogen (secondary N) is 2. The maximum absolute atomic E-state index is 11.4. The molecule has 1 aliphatic rings. The summed E-state index contributed by atoms with van der Waals surface area (Å²) >= 11 is 7.27. The Hall–Kier alpha value is -1.80. The number of thiocarbonyl (C=S) groups is 1. The van der Waals surface area contributed by atoms with Crippen LogP contribution < -0.4 is 10.6 Å². The van der Waals surface area contributed by atoms with Crippen molar-refractivity contribution in [1.29, 1.82) is 0 Å². The van der Waals surface area contributed by atoms with Gasteiger partial charge in [0.05, 0.1) is 6.04 Å². The summed E-state index contributed by atoms with van der Waals surface area (Å²) in [6, 6.07) is 12.0. The molecular weight excluding hydrogens is 376 g/mol. The third-order valence-corrected chi connectivity index (χ3v) is 6.08. The second-order valence-electron chi connectivity index (χ2n) is 6.84. The van der Waals surface area contributed by atoms with Crippen LogP contribution in [0.25, 0.3) is 0 Å². The lowest BCUT2D eigenvalue weighted by Crippen LogP contribution is -2.48. The van der Waals surface area contributed by atoms with Crippen molar-refractivity contribution in [2.75, 3.05) is 45.1 Å². The number of hydrogen-bond acceptors (Lipinski definition) is 5. The fourth-order valence-corrected chi connectivity index (χ4v) is 4.24. The van der Waals surface area contributed by atoms with E-state index in [9.17, 15) is 4.79 Å². The number of nitrogens with zero attached hydrogens (tertiary/aromatic N) is 2. The van der Waals surface area contributed by atoms with E-state index in [1.807, 2.05) is 24.3 Å². The first-order valence-electron chi connectivity index (χ1n) is 9.15. The van der Waals surface area contributed by atoms with Gasteiger partial charge in [0.2, 0.25) is 0 Å². The predicted octanol–water partition coefficient (Wildman–Crippen LogP) is 3.23. The standard InChI is InChI=1S/C20H26N4OS2/c1-15(25)16-5-7-17(8-6-16)22-20(26)21-14-18(19-4-3-13-27-19)24-11-9-23(2)10-12-24/h3-8,13,18H,9-12,14H2,1-2H3,(H2,21,22,26)/t18-/m1/s1. The minimum absolute atomic E-state index is 0.0632. The molecule has 1 aromatic carbocycles. The molecule has 0 aliphatic carbocycles. The van der Waals surface area contributed by atoms with Crippen molar-refractivity contribution in [2.24, 2.45) is 0 Å². The van der Waals surface area contributed by atoms with Crippen LogP contribution in [0.1, 0.15) is 28.2 Å². The first-order chi connectivity index (χ1) is 13.0. The molecule has 1 aliphatic heterocycles. The third-order valence-electron chi connectivity index (χ3n) is 4.86. The number of benzene rings is 1. The van der Waals surface area contributed by atoms with Gasteiger partial charge in [-0.05, 0) is 61.9 Å². The Kier molecular flexibility index (Phi) is 6.95. The molecule has 1 fully saturated rings. The molecule has 0 spiro atoms. The van der Waals surface area contributed by atoms with Crippen LogP contribution in [-0.2, 0) is 0 Å². The van der Waals surface area contributed by atoms with E-state index in [4.69, 9.17) is 12.2 Å². The fraction of sp³-hybridized carbons (Fsp3) is 0.400. The molecule has 1 atom stereocenters. The largest absolute Gasteiger partial charge is 0.360 e. The average Bonchev–Trinajstić information content (AvgIpc) is 3.18. The summed E-state index contributed by atoms with van der Waals surface area (Å²) in [5, 5.41) is 9.30. The molecular formula is C20H26N4OS2. The molecule has 2 heterocycles. The Morgan fingerprint density at radius 2 is 1.89 bits per heavy atom. The van der Waals surface area contributed by atoms with Gasteiger partial charge in [0.25, 0.3) is 0 Å². The maximum Gasteiger partial charge on any atom is 0.170 e. The zero-order valence-electron chi connectivity index (χ0n) is 15.8. The molecule has 0 radical (unpaired) electrons. The average molecular weight is 403 g/mol. The first kappa shape index (κ1) is 19.9. The van der Waals surface area contributed by atoms with E-state index in [0.29, 0.717) is 16.7 Å². The van der Waals surface area contributed by atoms with Gasteiger partial charge in [0, 0.05) is 48.9 Å². The summed E-state index contributed by atoms with van der Waals surface area (Å²) in [6.07, 6.45) is 0. The molecule has 0 unspecified atom stereocenters. The fourth-order valence-electron chi connectivity index (χ4n) is 3.18. The second kappa shape index (κ2) is 9.41. The summed E-state index contributed by atoms with van der Waals surface area (Å²) < 4.78 is 0. The van der Waals surface area contributed by atoms with Crippen LogP contribution in [0.5, 0.6) is 0 Å². The summed E-state index contributed by atoms with van der Waals surface area (Å²) in [4.78, 5) is 17.6. The van der Waals surface area contributed by atoms with Crippen LogP contribution in [0.15, 0.2) is 41.8 Å². The second-order valence-corrected chi connectivity index (χ2v) is 8.23. The number of hydrogen-bond donors (Lipinski definition) is 2. The number of ketones is 1. The number of carbonyl (C=O) groups is 1. The molecule has 0 amide bonds. The van der Waals surface area contributed by atoms with Crippen molar-refractivity contribution in [2.45, 2.75) is 13.0 Å². The molecule has 0 bridgehead atoms. The summed E-state index contributed by atoms with van der Waals surface area (Å²) in [5.74, 6) is 0.0632. The highest BCUT2D eigenvalue weighted by atomic mass is 32.1. The van der Waals surface area contributed by atoms with Gasteiger partial charge in [0.1, 0.15) is 0 Å². The van der Waals surface area contributed by atoms with E-state index in [1.54, 1.807) is 18.3 Å². The monoisotopic (exact) mass is 402 g/mol. The number of rotatable bonds is 6. The topological polar surface area (TPSA) is 47.6 Å². The summed E-state index contributed by atoms with van der Waals surface area (Å²) in [7, 11) is 2.17. The van der Waals surface area contributed by atoms with Gasteiger partial charge < -0.3 is 15.5 Å². The summed E-state index contributed by atoms with van der Waals surface area (Å²) in [5.41, 5.74) is 1.58. The Bertz CT molecular complexity index is 753. The van der Waals surface area contributed by atoms with Gasteiger partial charge in [-0.3, -0.25) is 9.69 Å². The molecule has 3 rings (SSSR count). The lowest BCUT2D eigenvalue weighted by molar-refractivity contribution is 0.101. The van der Waals surface area contributed by atoms with E-state index in [1.165, 1.54) is 4.88 Å². The Labute approximate surface area is 170 Å². The van der Waals surface area contributed by atoms with Crippen LogP contribution >= 0.6 is 23.6 Å². The van der Waals surface area contributed by atoms with Gasteiger partial charge in [-0.25, -0.2) is 0 Å².